The van der Waals surface area contributed by atoms with E-state index in [0.29, 0.717) is 12.5 Å². The third-order valence-corrected chi connectivity index (χ3v) is 11.7. The van der Waals surface area contributed by atoms with E-state index in [0.717, 1.165) is 57.7 Å². The lowest BCUT2D eigenvalue weighted by atomic mass is 9.86. The van der Waals surface area contributed by atoms with Crippen LogP contribution in [0.1, 0.15) is 104 Å². The highest BCUT2D eigenvalue weighted by atomic mass is 32.2. The lowest BCUT2D eigenvalue weighted by Gasteiger charge is -2.38. The number of amides is 1. The lowest BCUT2D eigenvalue weighted by Crippen LogP contribution is -2.48. The van der Waals surface area contributed by atoms with Crippen LogP contribution in [0.15, 0.2) is 54.6 Å². The minimum Gasteiger partial charge on any atom is -0.493 e. The Labute approximate surface area is 255 Å². The number of ether oxygens (including phenoxy) is 1. The average molecular weight is 595 g/mol. The Balaban J connectivity index is 1.22. The summed E-state index contributed by atoms with van der Waals surface area (Å²) < 4.78 is 24.7. The first-order valence-electron chi connectivity index (χ1n) is 15.4. The van der Waals surface area contributed by atoms with E-state index in [9.17, 15) is 9.00 Å². The topological polar surface area (TPSA) is 76.5 Å². The number of carbonyl (C=O) groups excluding carboxylic acids is 1. The smallest absolute Gasteiger partial charge is 0.254 e. The Morgan fingerprint density at radius 3 is 2.58 bits per heavy atom. The molecule has 1 aromatic heterocycles. The van der Waals surface area contributed by atoms with Crippen molar-refractivity contribution >= 4 is 27.9 Å². The summed E-state index contributed by atoms with van der Waals surface area (Å²) in [4.78, 5) is 20.6. The van der Waals surface area contributed by atoms with Gasteiger partial charge < -0.3 is 14.2 Å². The maximum absolute atomic E-state index is 13.6. The number of nitrogens with one attached hydrogen (secondary N) is 1. The number of imidazole rings is 1. The van der Waals surface area contributed by atoms with E-state index in [1.54, 1.807) is 0 Å². The molecular formula is C35H38N4O3S. The van der Waals surface area contributed by atoms with Gasteiger partial charge in [0.05, 0.1) is 51.0 Å². The maximum atomic E-state index is 13.6. The van der Waals surface area contributed by atoms with Gasteiger partial charge in [0.25, 0.3) is 5.91 Å². The molecule has 3 aliphatic heterocycles. The van der Waals surface area contributed by atoms with Crippen LogP contribution in [-0.2, 0) is 16.5 Å². The van der Waals surface area contributed by atoms with Gasteiger partial charge in [0.15, 0.2) is 0 Å². The van der Waals surface area contributed by atoms with Crippen molar-refractivity contribution in [1.82, 2.24) is 19.2 Å². The molecule has 3 aromatic carbocycles. The molecule has 8 heteroatoms. The fourth-order valence-corrected chi connectivity index (χ4v) is 8.25. The van der Waals surface area contributed by atoms with Crippen LogP contribution in [-0.4, -0.2) is 43.0 Å². The second-order valence-corrected chi connectivity index (χ2v) is 15.9. The SMILES string of the molecule is CN1C(=O)c2cccc(C3CC3)c2[C@H]2C[C@@H]1c1nc3ccc(-c4ccc5c(c4)OCCC5(C)NS(=O)C(C)(C)C)cc3n12. The number of hydrogen-bond donors (Lipinski definition) is 1. The lowest BCUT2D eigenvalue weighted by molar-refractivity contribution is 0.0734. The maximum Gasteiger partial charge on any atom is 0.254 e. The highest BCUT2D eigenvalue weighted by Gasteiger charge is 2.45. The van der Waals surface area contributed by atoms with Crippen LogP contribution in [0.25, 0.3) is 22.2 Å². The second-order valence-electron chi connectivity index (χ2n) is 13.9. The van der Waals surface area contributed by atoms with Crippen molar-refractivity contribution in [3.05, 3.63) is 82.7 Å². The first kappa shape index (κ1) is 27.1. The van der Waals surface area contributed by atoms with Gasteiger partial charge in [-0.15, -0.1) is 0 Å². The predicted octanol–water partition coefficient (Wildman–Crippen LogP) is 6.75. The first-order chi connectivity index (χ1) is 20.5. The van der Waals surface area contributed by atoms with E-state index < -0.39 is 16.5 Å². The second kappa shape index (κ2) is 9.26. The van der Waals surface area contributed by atoms with Gasteiger partial charge in [-0.2, -0.15) is 0 Å². The molecule has 4 aliphatic rings. The van der Waals surface area contributed by atoms with Gasteiger partial charge in [0, 0.05) is 31.0 Å². The number of benzene rings is 3. The molecule has 0 radical (unpaired) electrons. The molecule has 7 nitrogen and oxygen atoms in total. The third kappa shape index (κ3) is 4.13. The van der Waals surface area contributed by atoms with Crippen LogP contribution in [0, 0.1) is 0 Å². The van der Waals surface area contributed by atoms with E-state index >= 15 is 0 Å². The molecule has 4 atom stereocenters. The van der Waals surface area contributed by atoms with E-state index in [2.05, 4.69) is 64.7 Å². The number of aromatic nitrogens is 2. The number of fused-ring (bicyclic) bond motifs is 10. The van der Waals surface area contributed by atoms with Crippen molar-refractivity contribution in [2.75, 3.05) is 13.7 Å². The summed E-state index contributed by atoms with van der Waals surface area (Å²) in [5, 5.41) is 0. The largest absolute Gasteiger partial charge is 0.493 e. The minimum atomic E-state index is -1.20. The van der Waals surface area contributed by atoms with Gasteiger partial charge in [-0.3, -0.25) is 4.79 Å². The van der Waals surface area contributed by atoms with E-state index in [1.165, 1.54) is 24.0 Å². The highest BCUT2D eigenvalue weighted by Crippen LogP contribution is 2.52. The van der Waals surface area contributed by atoms with Crippen LogP contribution in [0.5, 0.6) is 5.75 Å². The van der Waals surface area contributed by atoms with Crippen molar-refractivity contribution < 1.29 is 13.7 Å². The summed E-state index contributed by atoms with van der Waals surface area (Å²) >= 11 is 0. The Morgan fingerprint density at radius 2 is 1.81 bits per heavy atom. The molecule has 43 heavy (non-hydrogen) atoms. The summed E-state index contributed by atoms with van der Waals surface area (Å²) in [6.45, 7) is 8.65. The van der Waals surface area contributed by atoms with Crippen LogP contribution < -0.4 is 9.46 Å². The van der Waals surface area contributed by atoms with Crippen molar-refractivity contribution in [1.29, 1.82) is 0 Å². The molecule has 0 spiro atoms. The monoisotopic (exact) mass is 594 g/mol. The Bertz CT molecular complexity index is 1850. The van der Waals surface area contributed by atoms with Crippen molar-refractivity contribution in [3.63, 3.8) is 0 Å². The summed E-state index contributed by atoms with van der Waals surface area (Å²) in [5.74, 6) is 2.46. The van der Waals surface area contributed by atoms with Gasteiger partial charge >= 0.3 is 0 Å². The third-order valence-electron chi connectivity index (χ3n) is 9.92. The molecule has 1 N–H and O–H groups in total. The zero-order valence-electron chi connectivity index (χ0n) is 25.4. The van der Waals surface area contributed by atoms with Gasteiger partial charge in [-0.05, 0) is 93.0 Å². The van der Waals surface area contributed by atoms with Crippen LogP contribution in [0.4, 0.5) is 0 Å². The van der Waals surface area contributed by atoms with Gasteiger partial charge in [-0.1, -0.05) is 30.3 Å². The normalized spacial score (nSPS) is 25.1. The Hall–Kier alpha value is -3.49. The predicted molar refractivity (Wildman–Crippen MR) is 170 cm³/mol. The molecule has 2 bridgehead atoms. The molecule has 8 rings (SSSR count). The Morgan fingerprint density at radius 1 is 1.05 bits per heavy atom. The quantitative estimate of drug-likeness (QED) is 0.284. The van der Waals surface area contributed by atoms with Gasteiger partial charge in [0.1, 0.15) is 11.6 Å². The summed E-state index contributed by atoms with van der Waals surface area (Å²) in [6.07, 6.45) is 3.99. The average Bonchev–Trinajstić information content (AvgIpc) is 3.69. The van der Waals surface area contributed by atoms with Crippen LogP contribution in [0.2, 0.25) is 0 Å². The molecule has 1 fully saturated rings. The van der Waals surface area contributed by atoms with E-state index in [1.807, 2.05) is 38.8 Å². The molecule has 1 saturated carbocycles. The van der Waals surface area contributed by atoms with E-state index in [-0.39, 0.29) is 22.7 Å². The number of hydrogen-bond acceptors (Lipinski definition) is 4. The fourth-order valence-electron chi connectivity index (χ4n) is 7.32. The van der Waals surface area contributed by atoms with Gasteiger partial charge in [0.2, 0.25) is 0 Å². The zero-order chi connectivity index (χ0) is 29.8. The molecule has 1 amide bonds. The molecule has 2 unspecified atom stereocenters. The molecule has 4 heterocycles. The molecule has 222 valence electrons. The van der Waals surface area contributed by atoms with Crippen LogP contribution in [0.3, 0.4) is 0 Å². The summed E-state index contributed by atoms with van der Waals surface area (Å²) in [5.41, 5.74) is 8.21. The number of carbonyl (C=O) groups is 1. The molecule has 0 saturated heterocycles. The minimum absolute atomic E-state index is 0.0474. The summed E-state index contributed by atoms with van der Waals surface area (Å²) in [7, 11) is 0.728. The first-order valence-corrected chi connectivity index (χ1v) is 16.6. The van der Waals surface area contributed by atoms with Crippen molar-refractivity contribution in [2.45, 2.75) is 81.7 Å². The standard InChI is InChI=1S/C35H38N4O3S/c1-34(2,3)43(41)37-35(4)15-16-42-30-18-22(11-13-25(30)35)21-12-14-26-27(17-21)39-28-19-29(32(39)36-26)38(5)33(40)24-8-6-7-23(31(24)28)20-9-10-20/h6-8,11-14,17-18,20,28-29,37H,9-10,15-16,19H2,1-5H3/t28-,29-,35?,43?/m1/s1. The molecule has 4 aromatic rings. The summed E-state index contributed by atoms with van der Waals surface area (Å²) in [6, 6.07) is 19.2. The Kier molecular flexibility index (Phi) is 5.83. The number of nitrogens with zero attached hydrogens (tertiary/aromatic N) is 3. The fraction of sp³-hybridized carbons (Fsp3) is 0.429. The molecular weight excluding hydrogens is 556 g/mol. The van der Waals surface area contributed by atoms with Crippen molar-refractivity contribution in [3.8, 4) is 16.9 Å². The van der Waals surface area contributed by atoms with Crippen molar-refractivity contribution in [2.24, 2.45) is 0 Å². The highest BCUT2D eigenvalue weighted by molar-refractivity contribution is 7.84. The molecule has 1 aliphatic carbocycles. The zero-order valence-corrected chi connectivity index (χ0v) is 26.3. The number of rotatable bonds is 4. The van der Waals surface area contributed by atoms with Gasteiger partial charge in [-0.25, -0.2) is 13.9 Å². The van der Waals surface area contributed by atoms with E-state index in [4.69, 9.17) is 9.72 Å². The van der Waals surface area contributed by atoms with Crippen LogP contribution >= 0.6 is 0 Å².